The number of anilines is 2. The Hall–Kier alpha value is -2.70. The van der Waals surface area contributed by atoms with Gasteiger partial charge in [0.05, 0.1) is 5.69 Å². The number of para-hydroxylation sites is 1. The van der Waals surface area contributed by atoms with E-state index in [0.29, 0.717) is 11.6 Å². The molecule has 128 valence electrons. The van der Waals surface area contributed by atoms with Gasteiger partial charge in [-0.2, -0.15) is 0 Å². The summed E-state index contributed by atoms with van der Waals surface area (Å²) in [4.78, 5) is 8.86. The molecule has 25 heavy (non-hydrogen) atoms. The molecule has 7 heteroatoms. The van der Waals surface area contributed by atoms with Gasteiger partial charge in [0.2, 0.25) is 5.65 Å². The van der Waals surface area contributed by atoms with Crippen LogP contribution in [0.3, 0.4) is 0 Å². The third kappa shape index (κ3) is 2.50. The lowest BCUT2D eigenvalue weighted by molar-refractivity contribution is 0.596. The molecular weight excluding hydrogens is 319 g/mol. The fourth-order valence-electron chi connectivity index (χ4n) is 3.54. The molecule has 0 atom stereocenters. The monoisotopic (exact) mass is 338 g/mol. The first-order valence-corrected chi connectivity index (χ1v) is 8.75. The van der Waals surface area contributed by atoms with Crippen molar-refractivity contribution in [1.82, 2.24) is 19.6 Å². The summed E-state index contributed by atoms with van der Waals surface area (Å²) in [6, 6.07) is 6.95. The lowest BCUT2D eigenvalue weighted by Crippen LogP contribution is -2.47. The zero-order valence-electron chi connectivity index (χ0n) is 13.8. The molecule has 0 spiro atoms. The van der Waals surface area contributed by atoms with Gasteiger partial charge >= 0.3 is 0 Å². The lowest BCUT2D eigenvalue weighted by atomic mass is 10.2. The summed E-state index contributed by atoms with van der Waals surface area (Å²) in [5, 5.41) is 8.75. The van der Waals surface area contributed by atoms with Crippen molar-refractivity contribution in [2.75, 3.05) is 36.0 Å². The summed E-state index contributed by atoms with van der Waals surface area (Å²) in [5.74, 6) is 2.30. The fourth-order valence-corrected chi connectivity index (χ4v) is 3.54. The highest BCUT2D eigenvalue weighted by atomic mass is 19.1. The molecule has 2 aliphatic rings. The van der Waals surface area contributed by atoms with Crippen LogP contribution in [0.4, 0.5) is 15.9 Å². The maximum atomic E-state index is 14.0. The van der Waals surface area contributed by atoms with E-state index in [4.69, 9.17) is 0 Å². The van der Waals surface area contributed by atoms with E-state index in [-0.39, 0.29) is 5.82 Å². The van der Waals surface area contributed by atoms with Crippen molar-refractivity contribution in [2.24, 2.45) is 0 Å². The first-order valence-electron chi connectivity index (χ1n) is 8.75. The highest BCUT2D eigenvalue weighted by Gasteiger charge is 2.30. The SMILES string of the molecule is Fc1ccccc1N1CCN(c2nccn3c(C4CC4)nnc23)CC1. The van der Waals surface area contributed by atoms with Gasteiger partial charge in [-0.15, -0.1) is 10.2 Å². The minimum atomic E-state index is -0.164. The zero-order valence-corrected chi connectivity index (χ0v) is 13.8. The van der Waals surface area contributed by atoms with Gasteiger partial charge in [0.15, 0.2) is 5.82 Å². The number of hydrogen-bond acceptors (Lipinski definition) is 5. The van der Waals surface area contributed by atoms with E-state index in [2.05, 4.69) is 29.4 Å². The Morgan fingerprint density at radius 2 is 1.72 bits per heavy atom. The van der Waals surface area contributed by atoms with E-state index in [1.807, 2.05) is 24.5 Å². The quantitative estimate of drug-likeness (QED) is 0.734. The topological polar surface area (TPSA) is 49.6 Å². The number of nitrogens with zero attached hydrogens (tertiary/aromatic N) is 6. The Morgan fingerprint density at radius 1 is 0.960 bits per heavy atom. The highest BCUT2D eigenvalue weighted by Crippen LogP contribution is 2.39. The molecule has 0 radical (unpaired) electrons. The molecule has 2 fully saturated rings. The average molecular weight is 338 g/mol. The van der Waals surface area contributed by atoms with E-state index in [9.17, 15) is 4.39 Å². The molecule has 0 bridgehead atoms. The number of fused-ring (bicyclic) bond motifs is 1. The summed E-state index contributed by atoms with van der Waals surface area (Å²) < 4.78 is 16.1. The molecule has 1 aliphatic heterocycles. The second-order valence-corrected chi connectivity index (χ2v) is 6.70. The number of benzene rings is 1. The number of halogens is 1. The van der Waals surface area contributed by atoms with Gasteiger partial charge in [-0.05, 0) is 25.0 Å². The third-order valence-electron chi connectivity index (χ3n) is 5.05. The molecule has 3 heterocycles. The number of hydrogen-bond donors (Lipinski definition) is 0. The lowest BCUT2D eigenvalue weighted by Gasteiger charge is -2.36. The molecule has 6 nitrogen and oxygen atoms in total. The van der Waals surface area contributed by atoms with Crippen LogP contribution < -0.4 is 9.80 Å². The van der Waals surface area contributed by atoms with Gasteiger partial charge in [0.25, 0.3) is 0 Å². The largest absolute Gasteiger partial charge is 0.366 e. The summed E-state index contributed by atoms with van der Waals surface area (Å²) in [6.45, 7) is 3.08. The maximum absolute atomic E-state index is 14.0. The molecular formula is C18H19FN6. The van der Waals surface area contributed by atoms with Crippen LogP contribution in [-0.4, -0.2) is 45.8 Å². The molecule has 0 unspecified atom stereocenters. The van der Waals surface area contributed by atoms with Crippen molar-refractivity contribution >= 4 is 17.2 Å². The van der Waals surface area contributed by atoms with E-state index in [1.165, 1.54) is 18.9 Å². The van der Waals surface area contributed by atoms with Crippen LogP contribution in [0.5, 0.6) is 0 Å². The Bertz CT molecular complexity index is 911. The average Bonchev–Trinajstić information content (AvgIpc) is 3.41. The minimum absolute atomic E-state index is 0.164. The first kappa shape index (κ1) is 14.6. The van der Waals surface area contributed by atoms with Gasteiger partial charge in [-0.25, -0.2) is 9.37 Å². The Labute approximate surface area is 144 Å². The summed E-state index contributed by atoms with van der Waals surface area (Å²) in [6.07, 6.45) is 6.16. The minimum Gasteiger partial charge on any atom is -0.366 e. The third-order valence-corrected chi connectivity index (χ3v) is 5.05. The normalized spacial score (nSPS) is 18.1. The van der Waals surface area contributed by atoms with Crippen LogP contribution in [0.2, 0.25) is 0 Å². The van der Waals surface area contributed by atoms with Crippen molar-refractivity contribution in [2.45, 2.75) is 18.8 Å². The molecule has 1 aromatic carbocycles. The molecule has 5 rings (SSSR count). The van der Waals surface area contributed by atoms with Gasteiger partial charge in [0.1, 0.15) is 11.6 Å². The number of aromatic nitrogens is 4. The Kier molecular flexibility index (Phi) is 3.33. The molecule has 1 aliphatic carbocycles. The predicted molar refractivity (Wildman–Crippen MR) is 93.6 cm³/mol. The fraction of sp³-hybridized carbons (Fsp3) is 0.389. The van der Waals surface area contributed by atoms with Crippen molar-refractivity contribution in [1.29, 1.82) is 0 Å². The Morgan fingerprint density at radius 3 is 2.48 bits per heavy atom. The first-order chi connectivity index (χ1) is 12.3. The van der Waals surface area contributed by atoms with E-state index >= 15 is 0 Å². The number of piperazine rings is 1. The Balaban J connectivity index is 1.39. The number of rotatable bonds is 3. The van der Waals surface area contributed by atoms with Gasteiger partial charge in [-0.1, -0.05) is 12.1 Å². The van der Waals surface area contributed by atoms with Gasteiger partial charge < -0.3 is 9.80 Å². The van der Waals surface area contributed by atoms with Crippen LogP contribution in [-0.2, 0) is 0 Å². The van der Waals surface area contributed by atoms with Crippen molar-refractivity contribution in [3.8, 4) is 0 Å². The van der Waals surface area contributed by atoms with Crippen LogP contribution in [0.1, 0.15) is 24.6 Å². The molecule has 0 N–H and O–H groups in total. The van der Waals surface area contributed by atoms with Crippen LogP contribution in [0.15, 0.2) is 36.7 Å². The van der Waals surface area contributed by atoms with Crippen molar-refractivity contribution in [3.05, 3.63) is 48.3 Å². The van der Waals surface area contributed by atoms with Crippen LogP contribution >= 0.6 is 0 Å². The standard InChI is InChI=1S/C18H19FN6/c19-14-3-1-2-4-15(14)23-9-11-24(12-10-23)17-18-22-21-16(13-5-6-13)25(18)8-7-20-17/h1-4,7-8,13H,5-6,9-12H2. The second kappa shape index (κ2) is 5.68. The van der Waals surface area contributed by atoms with Crippen LogP contribution in [0.25, 0.3) is 5.65 Å². The summed E-state index contributed by atoms with van der Waals surface area (Å²) in [5.41, 5.74) is 1.50. The van der Waals surface area contributed by atoms with Gasteiger partial charge in [0, 0.05) is 44.5 Å². The zero-order chi connectivity index (χ0) is 16.8. The predicted octanol–water partition coefficient (Wildman–Crippen LogP) is 2.47. The van der Waals surface area contributed by atoms with Gasteiger partial charge in [-0.3, -0.25) is 4.40 Å². The van der Waals surface area contributed by atoms with E-state index in [0.717, 1.165) is 43.5 Å². The van der Waals surface area contributed by atoms with Crippen molar-refractivity contribution < 1.29 is 4.39 Å². The van der Waals surface area contributed by atoms with Crippen molar-refractivity contribution in [3.63, 3.8) is 0 Å². The molecule has 1 saturated heterocycles. The highest BCUT2D eigenvalue weighted by molar-refractivity contribution is 5.65. The van der Waals surface area contributed by atoms with E-state index in [1.54, 1.807) is 6.07 Å². The van der Waals surface area contributed by atoms with Crippen LogP contribution in [0, 0.1) is 5.82 Å². The van der Waals surface area contributed by atoms with E-state index < -0.39 is 0 Å². The molecule has 3 aromatic rings. The maximum Gasteiger partial charge on any atom is 0.203 e. The smallest absolute Gasteiger partial charge is 0.203 e. The molecule has 1 saturated carbocycles. The summed E-state index contributed by atoms with van der Waals surface area (Å²) >= 11 is 0. The second-order valence-electron chi connectivity index (χ2n) is 6.70. The molecule has 0 amide bonds. The summed E-state index contributed by atoms with van der Waals surface area (Å²) in [7, 11) is 0. The molecule has 2 aromatic heterocycles.